The quantitative estimate of drug-likeness (QED) is 0.912. The molecule has 0 amide bonds. The van der Waals surface area contributed by atoms with E-state index in [-0.39, 0.29) is 0 Å². The molecule has 22 heavy (non-hydrogen) atoms. The van der Waals surface area contributed by atoms with Gasteiger partial charge in [-0.2, -0.15) is 0 Å². The van der Waals surface area contributed by atoms with Crippen LogP contribution in [0.4, 0.5) is 5.69 Å². The molecule has 3 nitrogen and oxygen atoms in total. The van der Waals surface area contributed by atoms with Gasteiger partial charge in [0.15, 0.2) is 0 Å². The molecule has 2 unspecified atom stereocenters. The van der Waals surface area contributed by atoms with Gasteiger partial charge in [0.05, 0.1) is 5.52 Å². The fraction of sp³-hybridized carbons (Fsp3) is 0.500. The number of benzene rings is 1. The third kappa shape index (κ3) is 3.71. The molecule has 4 heteroatoms. The molecule has 0 saturated carbocycles. The van der Waals surface area contributed by atoms with Crippen LogP contribution in [0.1, 0.15) is 20.3 Å². The molecule has 3 rings (SSSR count). The standard InChI is InChI=1S/C18H24ClN3/c1-13-9-14(2)12-22(11-13)8-7-21-17-5-6-20-18-10-15(19)3-4-16(17)18/h3-6,10,13-14H,7-9,11-12H2,1-2H3,(H,20,21). The van der Waals surface area contributed by atoms with E-state index in [1.807, 2.05) is 30.5 Å². The van der Waals surface area contributed by atoms with Crippen molar-refractivity contribution in [3.8, 4) is 0 Å². The van der Waals surface area contributed by atoms with Gasteiger partial charge in [-0.1, -0.05) is 25.4 Å². The first-order valence-electron chi connectivity index (χ1n) is 8.12. The number of rotatable bonds is 4. The molecule has 0 spiro atoms. The van der Waals surface area contributed by atoms with Crippen molar-refractivity contribution in [2.24, 2.45) is 11.8 Å². The Balaban J connectivity index is 1.62. The van der Waals surface area contributed by atoms with Gasteiger partial charge in [0.1, 0.15) is 0 Å². The average molecular weight is 318 g/mol. The van der Waals surface area contributed by atoms with E-state index in [4.69, 9.17) is 11.6 Å². The van der Waals surface area contributed by atoms with Crippen molar-refractivity contribution in [1.29, 1.82) is 0 Å². The van der Waals surface area contributed by atoms with Gasteiger partial charge < -0.3 is 10.2 Å². The van der Waals surface area contributed by atoms with Gasteiger partial charge in [0.2, 0.25) is 0 Å². The van der Waals surface area contributed by atoms with Crippen LogP contribution in [0.15, 0.2) is 30.5 Å². The van der Waals surface area contributed by atoms with Gasteiger partial charge in [-0.25, -0.2) is 0 Å². The summed E-state index contributed by atoms with van der Waals surface area (Å²) in [7, 11) is 0. The minimum absolute atomic E-state index is 0.730. The number of piperidine rings is 1. The van der Waals surface area contributed by atoms with E-state index in [9.17, 15) is 0 Å². The number of anilines is 1. The summed E-state index contributed by atoms with van der Waals surface area (Å²) in [5.41, 5.74) is 2.08. The Morgan fingerprint density at radius 3 is 2.77 bits per heavy atom. The zero-order valence-electron chi connectivity index (χ0n) is 13.3. The molecule has 2 heterocycles. The molecule has 2 atom stereocenters. The maximum atomic E-state index is 6.04. The molecule has 0 radical (unpaired) electrons. The van der Waals surface area contributed by atoms with Crippen LogP contribution in [0.5, 0.6) is 0 Å². The molecule has 1 aliphatic rings. The van der Waals surface area contributed by atoms with Gasteiger partial charge in [0.25, 0.3) is 0 Å². The highest BCUT2D eigenvalue weighted by atomic mass is 35.5. The molecule has 1 N–H and O–H groups in total. The van der Waals surface area contributed by atoms with Crippen molar-refractivity contribution in [3.05, 3.63) is 35.5 Å². The van der Waals surface area contributed by atoms with Gasteiger partial charge >= 0.3 is 0 Å². The Morgan fingerprint density at radius 1 is 1.23 bits per heavy atom. The van der Waals surface area contributed by atoms with Crippen molar-refractivity contribution in [1.82, 2.24) is 9.88 Å². The molecule has 1 aromatic carbocycles. The molecule has 1 aliphatic heterocycles. The lowest BCUT2D eigenvalue weighted by Gasteiger charge is -2.35. The van der Waals surface area contributed by atoms with Gasteiger partial charge in [-0.05, 0) is 42.5 Å². The van der Waals surface area contributed by atoms with E-state index in [0.29, 0.717) is 0 Å². The fourth-order valence-corrected chi connectivity index (χ4v) is 3.77. The summed E-state index contributed by atoms with van der Waals surface area (Å²) >= 11 is 6.04. The van der Waals surface area contributed by atoms with Crippen molar-refractivity contribution < 1.29 is 0 Å². The normalized spacial score (nSPS) is 22.9. The van der Waals surface area contributed by atoms with Crippen molar-refractivity contribution in [3.63, 3.8) is 0 Å². The van der Waals surface area contributed by atoms with Gasteiger partial charge in [0, 0.05) is 48.5 Å². The maximum absolute atomic E-state index is 6.04. The monoisotopic (exact) mass is 317 g/mol. The average Bonchev–Trinajstić information content (AvgIpc) is 2.46. The van der Waals surface area contributed by atoms with Crippen LogP contribution in [0, 0.1) is 11.8 Å². The minimum Gasteiger partial charge on any atom is -0.383 e. The van der Waals surface area contributed by atoms with Gasteiger partial charge in [-0.3, -0.25) is 4.98 Å². The number of hydrogen-bond acceptors (Lipinski definition) is 3. The number of hydrogen-bond donors (Lipinski definition) is 1. The van der Waals surface area contributed by atoms with Crippen LogP contribution in [0.2, 0.25) is 5.02 Å². The zero-order chi connectivity index (χ0) is 15.5. The highest BCUT2D eigenvalue weighted by Crippen LogP contribution is 2.24. The number of nitrogens with zero attached hydrogens (tertiary/aromatic N) is 2. The van der Waals surface area contributed by atoms with E-state index in [2.05, 4.69) is 29.0 Å². The Kier molecular flexibility index (Phi) is 4.84. The van der Waals surface area contributed by atoms with E-state index >= 15 is 0 Å². The predicted molar refractivity (Wildman–Crippen MR) is 94.6 cm³/mol. The number of nitrogens with one attached hydrogen (secondary N) is 1. The van der Waals surface area contributed by atoms with E-state index in [1.54, 1.807) is 0 Å². The molecule has 2 aromatic rings. The summed E-state index contributed by atoms with van der Waals surface area (Å²) in [5, 5.41) is 5.42. The highest BCUT2D eigenvalue weighted by molar-refractivity contribution is 6.31. The molecule has 118 valence electrons. The van der Waals surface area contributed by atoms with Crippen LogP contribution < -0.4 is 5.32 Å². The van der Waals surface area contributed by atoms with Crippen molar-refractivity contribution in [2.45, 2.75) is 20.3 Å². The Hall–Kier alpha value is -1.32. The minimum atomic E-state index is 0.730. The lowest BCUT2D eigenvalue weighted by molar-refractivity contribution is 0.146. The topological polar surface area (TPSA) is 28.2 Å². The summed E-state index contributed by atoms with van der Waals surface area (Å²) in [6, 6.07) is 7.91. The van der Waals surface area contributed by atoms with Gasteiger partial charge in [-0.15, -0.1) is 0 Å². The molecular formula is C18H24ClN3. The van der Waals surface area contributed by atoms with E-state index in [1.165, 1.54) is 19.5 Å². The SMILES string of the molecule is CC1CC(C)CN(CCNc2ccnc3cc(Cl)ccc23)C1. The Morgan fingerprint density at radius 2 is 2.00 bits per heavy atom. The van der Waals surface area contributed by atoms with Crippen LogP contribution >= 0.6 is 11.6 Å². The zero-order valence-corrected chi connectivity index (χ0v) is 14.1. The Bertz CT molecular complexity index is 633. The fourth-order valence-electron chi connectivity index (χ4n) is 3.60. The largest absolute Gasteiger partial charge is 0.383 e. The molecule has 0 aliphatic carbocycles. The predicted octanol–water partition coefficient (Wildman–Crippen LogP) is 4.28. The second kappa shape index (κ2) is 6.84. The van der Waals surface area contributed by atoms with E-state index in [0.717, 1.165) is 46.5 Å². The summed E-state index contributed by atoms with van der Waals surface area (Å²) in [5.74, 6) is 1.63. The third-order valence-electron chi connectivity index (χ3n) is 4.39. The summed E-state index contributed by atoms with van der Waals surface area (Å²) in [6.45, 7) is 9.21. The summed E-state index contributed by atoms with van der Waals surface area (Å²) in [6.07, 6.45) is 3.20. The van der Waals surface area contributed by atoms with Crippen LogP contribution in [0.3, 0.4) is 0 Å². The highest BCUT2D eigenvalue weighted by Gasteiger charge is 2.21. The summed E-state index contributed by atoms with van der Waals surface area (Å²) in [4.78, 5) is 6.96. The Labute approximate surface area is 137 Å². The number of fused-ring (bicyclic) bond motifs is 1. The first kappa shape index (κ1) is 15.6. The van der Waals surface area contributed by atoms with Crippen LogP contribution in [-0.2, 0) is 0 Å². The summed E-state index contributed by atoms with van der Waals surface area (Å²) < 4.78 is 0. The molecule has 1 saturated heterocycles. The smallest absolute Gasteiger partial charge is 0.0737 e. The maximum Gasteiger partial charge on any atom is 0.0737 e. The lowest BCUT2D eigenvalue weighted by Crippen LogP contribution is -2.41. The first-order valence-corrected chi connectivity index (χ1v) is 8.50. The molecule has 0 bridgehead atoms. The second-order valence-electron chi connectivity index (χ2n) is 6.65. The van der Waals surface area contributed by atoms with Crippen molar-refractivity contribution in [2.75, 3.05) is 31.5 Å². The van der Waals surface area contributed by atoms with Crippen LogP contribution in [0.25, 0.3) is 10.9 Å². The van der Waals surface area contributed by atoms with Crippen LogP contribution in [-0.4, -0.2) is 36.1 Å². The lowest BCUT2D eigenvalue weighted by atomic mass is 9.92. The van der Waals surface area contributed by atoms with Crippen molar-refractivity contribution >= 4 is 28.2 Å². The molecule has 1 aromatic heterocycles. The second-order valence-corrected chi connectivity index (χ2v) is 7.09. The number of halogens is 1. The number of aromatic nitrogens is 1. The molecule has 1 fully saturated rings. The molecular weight excluding hydrogens is 294 g/mol. The number of pyridine rings is 1. The third-order valence-corrected chi connectivity index (χ3v) is 4.63. The van der Waals surface area contributed by atoms with E-state index < -0.39 is 0 Å². The first-order chi connectivity index (χ1) is 10.6. The number of likely N-dealkylation sites (tertiary alicyclic amines) is 1.